The van der Waals surface area contributed by atoms with Crippen molar-refractivity contribution in [3.63, 3.8) is 0 Å². The third-order valence-corrected chi connectivity index (χ3v) is 9.80. The van der Waals surface area contributed by atoms with Crippen molar-refractivity contribution >= 4 is 46.7 Å². The third kappa shape index (κ3) is 8.93. The lowest BCUT2D eigenvalue weighted by Crippen LogP contribution is -2.54. The third-order valence-electron chi connectivity index (χ3n) is 8.98. The fourth-order valence-electron chi connectivity index (χ4n) is 6.52. The van der Waals surface area contributed by atoms with Gasteiger partial charge in [-0.2, -0.15) is 0 Å². The summed E-state index contributed by atoms with van der Waals surface area (Å²) >= 11 is 18.9. The van der Waals surface area contributed by atoms with Crippen molar-refractivity contribution in [3.8, 4) is 5.75 Å². The second-order valence-corrected chi connectivity index (χ2v) is 13.3. The van der Waals surface area contributed by atoms with Crippen LogP contribution >= 0.6 is 34.8 Å². The van der Waals surface area contributed by atoms with E-state index in [1.54, 1.807) is 17.0 Å². The Morgan fingerprint density at radius 3 is 2.23 bits per heavy atom. The molecule has 3 heterocycles. The molecule has 1 N–H and O–H groups in total. The van der Waals surface area contributed by atoms with Crippen LogP contribution in [0.4, 0.5) is 4.79 Å². The van der Waals surface area contributed by atoms with Crippen molar-refractivity contribution < 1.29 is 14.3 Å². The summed E-state index contributed by atoms with van der Waals surface area (Å²) in [7, 11) is 0. The number of benzene rings is 2. The van der Waals surface area contributed by atoms with Gasteiger partial charge in [0.05, 0.1) is 6.61 Å². The molecule has 43 heavy (non-hydrogen) atoms. The Hall–Kier alpha value is -2.19. The number of piperidine rings is 2. The van der Waals surface area contributed by atoms with Crippen molar-refractivity contribution in [2.45, 2.75) is 69.7 Å². The van der Waals surface area contributed by atoms with Crippen LogP contribution in [-0.2, 0) is 11.2 Å². The lowest BCUT2D eigenvalue weighted by molar-refractivity contribution is -0.134. The van der Waals surface area contributed by atoms with Crippen LogP contribution in [-0.4, -0.2) is 85.1 Å². The van der Waals surface area contributed by atoms with Crippen LogP contribution in [0.15, 0.2) is 36.4 Å². The molecule has 3 amide bonds. The summed E-state index contributed by atoms with van der Waals surface area (Å²) in [6, 6.07) is 10.3. The topological polar surface area (TPSA) is 65.1 Å². The summed E-state index contributed by atoms with van der Waals surface area (Å²) in [4.78, 5) is 33.1. The lowest BCUT2D eigenvalue weighted by Gasteiger charge is -2.35. The number of hydrogen-bond acceptors (Lipinski definition) is 4. The Labute approximate surface area is 270 Å². The van der Waals surface area contributed by atoms with Crippen LogP contribution in [0.2, 0.25) is 15.1 Å². The average molecular weight is 650 g/mol. The molecular formula is C33H43Cl3N4O3. The van der Waals surface area contributed by atoms with Crippen LogP contribution in [0.1, 0.15) is 68.4 Å². The molecule has 2 aromatic carbocycles. The van der Waals surface area contributed by atoms with E-state index in [0.717, 1.165) is 55.5 Å². The monoisotopic (exact) mass is 648 g/mol. The van der Waals surface area contributed by atoms with Crippen LogP contribution in [0.3, 0.4) is 0 Å². The Kier molecular flexibility index (Phi) is 11.8. The quantitative estimate of drug-likeness (QED) is 0.281. The van der Waals surface area contributed by atoms with Crippen molar-refractivity contribution in [1.29, 1.82) is 0 Å². The number of carbonyl (C=O) groups excluding carboxylic acids is 2. The molecule has 0 bridgehead atoms. The molecule has 3 aliphatic rings. The summed E-state index contributed by atoms with van der Waals surface area (Å²) in [5, 5.41) is 4.72. The molecule has 0 radical (unpaired) electrons. The van der Waals surface area contributed by atoms with Gasteiger partial charge in [-0.3, -0.25) is 4.79 Å². The van der Waals surface area contributed by atoms with Gasteiger partial charge >= 0.3 is 6.03 Å². The number of nitrogens with one attached hydrogen (secondary N) is 1. The number of amides is 3. The van der Waals surface area contributed by atoms with E-state index < -0.39 is 6.04 Å². The number of rotatable bonds is 10. The van der Waals surface area contributed by atoms with Crippen LogP contribution < -0.4 is 10.1 Å². The van der Waals surface area contributed by atoms with E-state index in [2.05, 4.69) is 16.3 Å². The van der Waals surface area contributed by atoms with E-state index in [9.17, 15) is 9.59 Å². The molecule has 10 heteroatoms. The molecule has 5 rings (SSSR count). The molecule has 0 unspecified atom stereocenters. The fraction of sp³-hybridized carbons (Fsp3) is 0.576. The molecule has 234 valence electrons. The second kappa shape index (κ2) is 15.7. The average Bonchev–Trinajstić information content (AvgIpc) is 3.56. The van der Waals surface area contributed by atoms with Crippen molar-refractivity contribution in [2.75, 3.05) is 52.4 Å². The SMILES string of the molecule is O=C(N[C@H](Cc1ccc(Cl)cc1Cl)C(=O)N1CCC(c2ccc(Cl)cc2OCCCN2CCCCC2)CC1)N1CCCC1. The highest BCUT2D eigenvalue weighted by Crippen LogP contribution is 2.36. The Morgan fingerprint density at radius 1 is 0.837 bits per heavy atom. The maximum atomic E-state index is 13.9. The largest absolute Gasteiger partial charge is 0.493 e. The molecule has 0 aromatic heterocycles. The summed E-state index contributed by atoms with van der Waals surface area (Å²) in [6.45, 7) is 6.73. The molecule has 0 spiro atoms. The van der Waals surface area contributed by atoms with Gasteiger partial charge in [-0.15, -0.1) is 0 Å². The summed E-state index contributed by atoms with van der Waals surface area (Å²) in [5.41, 5.74) is 1.94. The molecule has 3 fully saturated rings. The van der Waals surface area contributed by atoms with Gasteiger partial charge < -0.3 is 24.8 Å². The van der Waals surface area contributed by atoms with E-state index in [0.29, 0.717) is 54.3 Å². The van der Waals surface area contributed by atoms with Gasteiger partial charge in [0.25, 0.3) is 0 Å². The van der Waals surface area contributed by atoms with Crippen LogP contribution in [0.5, 0.6) is 5.75 Å². The van der Waals surface area contributed by atoms with Gasteiger partial charge in [-0.05, 0) is 99.3 Å². The minimum absolute atomic E-state index is 0.0812. The number of urea groups is 1. The molecule has 7 nitrogen and oxygen atoms in total. The van der Waals surface area contributed by atoms with Crippen LogP contribution in [0, 0.1) is 0 Å². The highest BCUT2D eigenvalue weighted by atomic mass is 35.5. The smallest absolute Gasteiger partial charge is 0.318 e. The summed E-state index contributed by atoms with van der Waals surface area (Å²) < 4.78 is 6.29. The van der Waals surface area contributed by atoms with Crippen LogP contribution in [0.25, 0.3) is 0 Å². The van der Waals surface area contributed by atoms with Crippen molar-refractivity contribution in [3.05, 3.63) is 62.6 Å². The maximum absolute atomic E-state index is 13.9. The van der Waals surface area contributed by atoms with Gasteiger partial charge in [0.1, 0.15) is 11.8 Å². The number of carbonyl (C=O) groups is 2. The fourth-order valence-corrected chi connectivity index (χ4v) is 7.17. The number of hydrogen-bond donors (Lipinski definition) is 1. The van der Waals surface area contributed by atoms with Crippen molar-refractivity contribution in [2.24, 2.45) is 0 Å². The molecule has 0 saturated carbocycles. The lowest BCUT2D eigenvalue weighted by atomic mass is 9.88. The standard InChI is InChI=1S/C33H43Cl3N4O3/c34-26-8-7-25(29(36)22-26)21-30(37-33(42)40-16-4-5-17-40)32(41)39-18-11-24(12-19-39)28-10-9-27(35)23-31(28)43-20-6-15-38-13-2-1-3-14-38/h7-10,22-24,30H,1-6,11-21H2,(H,37,42)/t30-/m1/s1. The number of ether oxygens (including phenoxy) is 1. The number of nitrogens with zero attached hydrogens (tertiary/aromatic N) is 3. The highest BCUT2D eigenvalue weighted by molar-refractivity contribution is 6.35. The summed E-state index contributed by atoms with van der Waals surface area (Å²) in [5.74, 6) is 1.04. The zero-order valence-electron chi connectivity index (χ0n) is 24.8. The number of likely N-dealkylation sites (tertiary alicyclic amines) is 3. The van der Waals surface area contributed by atoms with Gasteiger partial charge in [-0.25, -0.2) is 4.79 Å². The Morgan fingerprint density at radius 2 is 1.51 bits per heavy atom. The first kappa shape index (κ1) is 32.2. The first-order chi connectivity index (χ1) is 20.9. The Bertz CT molecular complexity index is 1240. The van der Waals surface area contributed by atoms with Gasteiger partial charge in [0.2, 0.25) is 5.91 Å². The zero-order chi connectivity index (χ0) is 30.2. The van der Waals surface area contributed by atoms with Gasteiger partial charge in [0, 0.05) is 54.2 Å². The molecule has 0 aliphatic carbocycles. The predicted molar refractivity (Wildman–Crippen MR) is 174 cm³/mol. The number of halogens is 3. The Balaban J connectivity index is 1.20. The predicted octanol–water partition coefficient (Wildman–Crippen LogP) is 7.02. The molecule has 3 saturated heterocycles. The molecule has 1 atom stereocenters. The van der Waals surface area contributed by atoms with Gasteiger partial charge in [0.15, 0.2) is 0 Å². The van der Waals surface area contributed by atoms with E-state index in [1.807, 2.05) is 23.1 Å². The first-order valence-electron chi connectivity index (χ1n) is 15.8. The zero-order valence-corrected chi connectivity index (χ0v) is 27.1. The van der Waals surface area contributed by atoms with E-state index in [4.69, 9.17) is 39.5 Å². The van der Waals surface area contributed by atoms with E-state index in [1.165, 1.54) is 32.4 Å². The highest BCUT2D eigenvalue weighted by Gasteiger charge is 2.32. The summed E-state index contributed by atoms with van der Waals surface area (Å²) in [6.07, 6.45) is 8.81. The second-order valence-electron chi connectivity index (χ2n) is 12.0. The minimum Gasteiger partial charge on any atom is -0.493 e. The molecule has 2 aromatic rings. The van der Waals surface area contributed by atoms with E-state index >= 15 is 0 Å². The normalized spacial score (nSPS) is 19.0. The molecular weight excluding hydrogens is 607 g/mol. The van der Waals surface area contributed by atoms with Gasteiger partial charge in [-0.1, -0.05) is 53.4 Å². The minimum atomic E-state index is -0.711. The first-order valence-corrected chi connectivity index (χ1v) is 16.9. The molecule has 3 aliphatic heterocycles. The van der Waals surface area contributed by atoms with E-state index in [-0.39, 0.29) is 17.9 Å². The van der Waals surface area contributed by atoms with Crippen molar-refractivity contribution in [1.82, 2.24) is 20.0 Å². The maximum Gasteiger partial charge on any atom is 0.318 e.